The first-order chi connectivity index (χ1) is 6.44. The van der Waals surface area contributed by atoms with Gasteiger partial charge in [-0.25, -0.2) is 13.1 Å². The second kappa shape index (κ2) is 4.81. The van der Waals surface area contributed by atoms with Gasteiger partial charge in [0.1, 0.15) is 0 Å². The maximum atomic E-state index is 11.6. The van der Waals surface area contributed by atoms with E-state index >= 15 is 0 Å². The van der Waals surface area contributed by atoms with Gasteiger partial charge >= 0.3 is 0 Å². The van der Waals surface area contributed by atoms with Gasteiger partial charge in [0.05, 0.1) is 5.75 Å². The van der Waals surface area contributed by atoms with Crippen molar-refractivity contribution < 1.29 is 8.42 Å². The molecule has 0 aliphatic heterocycles. The van der Waals surface area contributed by atoms with E-state index in [1.807, 2.05) is 13.8 Å². The number of sulfonamides is 1. The summed E-state index contributed by atoms with van der Waals surface area (Å²) in [6.45, 7) is 3.80. The van der Waals surface area contributed by atoms with E-state index in [1.54, 1.807) is 0 Å². The fraction of sp³-hybridized carbons (Fsp3) is 1.00. The molecule has 0 aromatic heterocycles. The molecule has 0 spiro atoms. The summed E-state index contributed by atoms with van der Waals surface area (Å²) in [5, 5.41) is 0. The van der Waals surface area contributed by atoms with Crippen molar-refractivity contribution in [2.24, 2.45) is 11.8 Å². The average molecular weight is 240 g/mol. The summed E-state index contributed by atoms with van der Waals surface area (Å²) in [4.78, 5) is 0. The molecule has 0 aromatic rings. The Hall–Kier alpha value is 0.200. The molecule has 0 bridgehead atoms. The van der Waals surface area contributed by atoms with Crippen LogP contribution in [0.25, 0.3) is 0 Å². The molecule has 1 aliphatic carbocycles. The van der Waals surface area contributed by atoms with E-state index < -0.39 is 10.0 Å². The summed E-state index contributed by atoms with van der Waals surface area (Å²) in [5.41, 5.74) is 0. The van der Waals surface area contributed by atoms with Gasteiger partial charge in [0.15, 0.2) is 0 Å². The third-order valence-electron chi connectivity index (χ3n) is 2.61. The van der Waals surface area contributed by atoms with Crippen LogP contribution < -0.4 is 4.72 Å². The fourth-order valence-corrected chi connectivity index (χ4v) is 3.29. The van der Waals surface area contributed by atoms with E-state index in [0.717, 1.165) is 12.8 Å². The maximum absolute atomic E-state index is 11.6. The van der Waals surface area contributed by atoms with Crippen molar-refractivity contribution in [1.29, 1.82) is 0 Å². The molecule has 2 unspecified atom stereocenters. The van der Waals surface area contributed by atoms with Gasteiger partial charge in [-0.3, -0.25) is 0 Å². The zero-order valence-corrected chi connectivity index (χ0v) is 10.2. The molecule has 1 rings (SSSR count). The summed E-state index contributed by atoms with van der Waals surface area (Å²) in [6, 6.07) is -0.0729. The lowest BCUT2D eigenvalue weighted by Crippen LogP contribution is -2.39. The van der Waals surface area contributed by atoms with Crippen molar-refractivity contribution >= 4 is 21.6 Å². The van der Waals surface area contributed by atoms with Crippen molar-refractivity contribution in [2.45, 2.75) is 32.7 Å². The molecule has 2 atom stereocenters. The Kier molecular flexibility index (Phi) is 4.22. The summed E-state index contributed by atoms with van der Waals surface area (Å²) in [6.07, 6.45) is 2.11. The number of nitrogens with one attached hydrogen (secondary N) is 1. The SMILES string of the molecule is CC(CCl)C(C)NS(=O)(=O)CC1CC1. The fourth-order valence-electron chi connectivity index (χ4n) is 1.18. The van der Waals surface area contributed by atoms with Gasteiger partial charge in [-0.05, 0) is 31.6 Å². The van der Waals surface area contributed by atoms with Crippen LogP contribution in [0.4, 0.5) is 0 Å². The molecule has 1 saturated carbocycles. The Morgan fingerprint density at radius 2 is 2.00 bits per heavy atom. The van der Waals surface area contributed by atoms with Gasteiger partial charge in [-0.2, -0.15) is 0 Å². The Bertz CT molecular complexity index is 275. The second-order valence-electron chi connectivity index (χ2n) is 4.26. The molecule has 0 saturated heterocycles. The first-order valence-electron chi connectivity index (χ1n) is 5.00. The van der Waals surface area contributed by atoms with Crippen LogP contribution in [0, 0.1) is 11.8 Å². The molecule has 1 aliphatic rings. The van der Waals surface area contributed by atoms with E-state index in [0.29, 0.717) is 11.8 Å². The van der Waals surface area contributed by atoms with Gasteiger partial charge in [0, 0.05) is 11.9 Å². The largest absolute Gasteiger partial charge is 0.212 e. The first kappa shape index (κ1) is 12.3. The average Bonchev–Trinajstić information content (AvgIpc) is 2.84. The normalized spacial score (nSPS) is 21.9. The van der Waals surface area contributed by atoms with E-state index in [9.17, 15) is 8.42 Å². The minimum absolute atomic E-state index is 0.0729. The minimum Gasteiger partial charge on any atom is -0.212 e. The summed E-state index contributed by atoms with van der Waals surface area (Å²) in [7, 11) is -3.08. The molecule has 14 heavy (non-hydrogen) atoms. The minimum atomic E-state index is -3.08. The Morgan fingerprint density at radius 3 is 2.43 bits per heavy atom. The summed E-state index contributed by atoms with van der Waals surface area (Å²) < 4.78 is 25.8. The monoisotopic (exact) mass is 239 g/mol. The molecule has 1 fully saturated rings. The van der Waals surface area contributed by atoms with Crippen LogP contribution in [-0.2, 0) is 10.0 Å². The van der Waals surface area contributed by atoms with E-state index in [-0.39, 0.29) is 17.7 Å². The Labute approximate surface area is 91.3 Å². The van der Waals surface area contributed by atoms with Crippen LogP contribution in [0.3, 0.4) is 0 Å². The van der Waals surface area contributed by atoms with Crippen LogP contribution in [0.15, 0.2) is 0 Å². The highest BCUT2D eigenvalue weighted by molar-refractivity contribution is 7.89. The van der Waals surface area contributed by atoms with E-state index in [1.165, 1.54) is 0 Å². The lowest BCUT2D eigenvalue weighted by molar-refractivity contribution is 0.479. The number of hydrogen-bond donors (Lipinski definition) is 1. The second-order valence-corrected chi connectivity index (χ2v) is 6.37. The number of halogens is 1. The highest BCUT2D eigenvalue weighted by Gasteiger charge is 2.29. The van der Waals surface area contributed by atoms with Gasteiger partial charge in [0.2, 0.25) is 10.0 Å². The molecule has 0 radical (unpaired) electrons. The van der Waals surface area contributed by atoms with Gasteiger partial charge in [-0.1, -0.05) is 6.92 Å². The zero-order chi connectivity index (χ0) is 10.8. The molecule has 0 aromatic carbocycles. The van der Waals surface area contributed by atoms with Gasteiger partial charge < -0.3 is 0 Å². The standard InChI is InChI=1S/C9H18ClNO2S/c1-7(5-10)8(2)11-14(12,13)6-9-3-4-9/h7-9,11H,3-6H2,1-2H3. The smallest absolute Gasteiger partial charge is 0.212 e. The topological polar surface area (TPSA) is 46.2 Å². The lowest BCUT2D eigenvalue weighted by Gasteiger charge is -2.18. The molecular weight excluding hydrogens is 222 g/mol. The van der Waals surface area contributed by atoms with Gasteiger partial charge in [-0.15, -0.1) is 11.6 Å². The number of alkyl halides is 1. The summed E-state index contributed by atoms with van der Waals surface area (Å²) in [5.74, 6) is 1.33. The van der Waals surface area contributed by atoms with Crippen LogP contribution >= 0.6 is 11.6 Å². The van der Waals surface area contributed by atoms with Crippen LogP contribution in [-0.4, -0.2) is 26.1 Å². The molecule has 3 nitrogen and oxygen atoms in total. The quantitative estimate of drug-likeness (QED) is 0.716. The van der Waals surface area contributed by atoms with Crippen LogP contribution in [0.1, 0.15) is 26.7 Å². The predicted octanol–water partition coefficient (Wildman–Crippen LogP) is 1.58. The molecule has 0 heterocycles. The predicted molar refractivity (Wildman–Crippen MR) is 59.0 cm³/mol. The van der Waals surface area contributed by atoms with E-state index in [2.05, 4.69) is 4.72 Å². The van der Waals surface area contributed by atoms with Crippen molar-refractivity contribution in [3.63, 3.8) is 0 Å². The molecule has 0 amide bonds. The van der Waals surface area contributed by atoms with E-state index in [4.69, 9.17) is 11.6 Å². The zero-order valence-electron chi connectivity index (χ0n) is 8.66. The lowest BCUT2D eigenvalue weighted by atomic mass is 10.1. The number of hydrogen-bond acceptors (Lipinski definition) is 2. The third kappa shape index (κ3) is 4.15. The summed E-state index contributed by atoms with van der Waals surface area (Å²) >= 11 is 5.66. The van der Waals surface area contributed by atoms with Crippen LogP contribution in [0.2, 0.25) is 0 Å². The Morgan fingerprint density at radius 1 is 1.43 bits per heavy atom. The molecular formula is C9H18ClNO2S. The number of rotatable bonds is 6. The van der Waals surface area contributed by atoms with Gasteiger partial charge in [0.25, 0.3) is 0 Å². The first-order valence-corrected chi connectivity index (χ1v) is 7.19. The van der Waals surface area contributed by atoms with Crippen molar-refractivity contribution in [3.05, 3.63) is 0 Å². The third-order valence-corrected chi connectivity index (χ3v) is 4.74. The van der Waals surface area contributed by atoms with Crippen LogP contribution in [0.5, 0.6) is 0 Å². The molecule has 5 heteroatoms. The highest BCUT2D eigenvalue weighted by Crippen LogP contribution is 2.30. The highest BCUT2D eigenvalue weighted by atomic mass is 35.5. The molecule has 1 N–H and O–H groups in total. The van der Waals surface area contributed by atoms with Crippen molar-refractivity contribution in [1.82, 2.24) is 4.72 Å². The Balaban J connectivity index is 2.40. The van der Waals surface area contributed by atoms with Crippen molar-refractivity contribution in [3.8, 4) is 0 Å². The van der Waals surface area contributed by atoms with Crippen molar-refractivity contribution in [2.75, 3.05) is 11.6 Å². The molecule has 84 valence electrons. The maximum Gasteiger partial charge on any atom is 0.212 e.